The summed E-state index contributed by atoms with van der Waals surface area (Å²) in [5, 5.41) is 9.31. The van der Waals surface area contributed by atoms with Crippen molar-refractivity contribution in [3.63, 3.8) is 0 Å². The Morgan fingerprint density at radius 3 is 1.32 bits per heavy atom. The predicted octanol–water partition coefficient (Wildman–Crippen LogP) is 20.7. The van der Waals surface area contributed by atoms with Gasteiger partial charge in [-0.25, -0.2) is 0 Å². The van der Waals surface area contributed by atoms with Crippen molar-refractivity contribution >= 4 is 88.4 Å². The van der Waals surface area contributed by atoms with Gasteiger partial charge in [0.05, 0.1) is 17.1 Å². The van der Waals surface area contributed by atoms with Crippen molar-refractivity contribution in [3.05, 3.63) is 291 Å². The minimum Gasteiger partial charge on any atom is -0.456 e. The molecule has 0 fully saturated rings. The number of benzene rings is 13. The lowest BCUT2D eigenvalue weighted by Gasteiger charge is -2.32. The van der Waals surface area contributed by atoms with Crippen molar-refractivity contribution in [2.24, 2.45) is 0 Å². The van der Waals surface area contributed by atoms with Crippen LogP contribution in [0.5, 0.6) is 0 Å². The monoisotopic (exact) mass is 956 g/mol. The number of furan rings is 1. The van der Waals surface area contributed by atoms with E-state index in [4.69, 9.17) is 4.42 Å². The molecule has 0 aliphatic rings. The van der Waals surface area contributed by atoms with Gasteiger partial charge in [-0.1, -0.05) is 218 Å². The molecule has 0 atom stereocenters. The molecule has 0 amide bonds. The highest BCUT2D eigenvalue weighted by Crippen LogP contribution is 2.49. The highest BCUT2D eigenvalue weighted by molar-refractivity contribution is 6.11. The van der Waals surface area contributed by atoms with E-state index in [0.717, 1.165) is 94.7 Å². The summed E-state index contributed by atoms with van der Waals surface area (Å²) in [7, 11) is 0. The van der Waals surface area contributed by atoms with Crippen LogP contribution in [0.15, 0.2) is 296 Å². The van der Waals surface area contributed by atoms with E-state index in [1.165, 1.54) is 38.2 Å². The summed E-state index contributed by atoms with van der Waals surface area (Å²) in [5.41, 5.74) is 17.4. The summed E-state index contributed by atoms with van der Waals surface area (Å²) in [6, 6.07) is 105. The molecule has 14 aromatic rings. The first-order chi connectivity index (χ1) is 37.2. The fourth-order valence-corrected chi connectivity index (χ4v) is 11.2. The van der Waals surface area contributed by atoms with E-state index >= 15 is 0 Å². The lowest BCUT2D eigenvalue weighted by atomic mass is 9.94. The Kier molecular flexibility index (Phi) is 10.8. The van der Waals surface area contributed by atoms with Crippen molar-refractivity contribution in [1.82, 2.24) is 0 Å². The minimum atomic E-state index is 0.884. The van der Waals surface area contributed by atoms with Crippen LogP contribution in [0.4, 0.5) is 34.1 Å². The summed E-state index contributed by atoms with van der Waals surface area (Å²) in [4.78, 5) is 4.88. The van der Waals surface area contributed by atoms with E-state index < -0.39 is 0 Å². The Hall–Kier alpha value is -9.96. The van der Waals surface area contributed by atoms with Crippen molar-refractivity contribution < 1.29 is 4.42 Å². The summed E-state index contributed by atoms with van der Waals surface area (Å²) < 4.78 is 6.42. The lowest BCUT2D eigenvalue weighted by Crippen LogP contribution is -2.14. The quantitative estimate of drug-likeness (QED) is 0.136. The zero-order valence-electron chi connectivity index (χ0n) is 41.0. The van der Waals surface area contributed by atoms with Crippen molar-refractivity contribution in [1.29, 1.82) is 0 Å². The van der Waals surface area contributed by atoms with Gasteiger partial charge >= 0.3 is 0 Å². The lowest BCUT2D eigenvalue weighted by molar-refractivity contribution is 0.669. The number of anilines is 6. The van der Waals surface area contributed by atoms with E-state index in [2.05, 4.69) is 289 Å². The van der Waals surface area contributed by atoms with Gasteiger partial charge in [-0.2, -0.15) is 0 Å². The molecule has 1 heterocycles. The minimum absolute atomic E-state index is 0.884. The van der Waals surface area contributed by atoms with E-state index in [1.807, 2.05) is 12.1 Å². The van der Waals surface area contributed by atoms with Crippen molar-refractivity contribution in [2.75, 3.05) is 9.80 Å². The van der Waals surface area contributed by atoms with Crippen LogP contribution in [-0.4, -0.2) is 0 Å². The standard InChI is InChI=1S/C72H48N2O/c1-2-16-49(17-3-1)52-30-32-53(33-31-52)54-34-39-58(40-35-54)73(59-41-36-50-18-4-6-20-55(50)46-59)68-27-13-10-24-64(68)65-25-11-14-28-69(65)74(60-42-37-51-19-5-7-21-56(51)47-60)70-45-44-61(62-22-8-9-23-63(62)70)57-38-43-67-66-26-12-15-29-71(66)75-72(67)48-57/h1-48H. The normalized spacial score (nSPS) is 11.5. The first kappa shape index (κ1) is 43.8. The van der Waals surface area contributed by atoms with Crippen LogP contribution >= 0.6 is 0 Å². The molecule has 0 saturated heterocycles. The largest absolute Gasteiger partial charge is 0.456 e. The average Bonchev–Trinajstić information content (AvgIpc) is 3.86. The number of fused-ring (bicyclic) bond motifs is 6. The van der Waals surface area contributed by atoms with Crippen molar-refractivity contribution in [2.45, 2.75) is 0 Å². The maximum absolute atomic E-state index is 6.42. The third-order valence-corrected chi connectivity index (χ3v) is 14.8. The molecule has 3 nitrogen and oxygen atoms in total. The summed E-state index contributed by atoms with van der Waals surface area (Å²) in [6.07, 6.45) is 0. The first-order valence-electron chi connectivity index (χ1n) is 25.6. The molecule has 14 rings (SSSR count). The van der Waals surface area contributed by atoms with Gasteiger partial charge in [0.25, 0.3) is 0 Å². The van der Waals surface area contributed by atoms with E-state index in [1.54, 1.807) is 0 Å². The second-order valence-corrected chi connectivity index (χ2v) is 19.2. The molecule has 0 N–H and O–H groups in total. The molecule has 3 heteroatoms. The number of para-hydroxylation sites is 3. The maximum atomic E-state index is 6.42. The molecule has 0 radical (unpaired) electrons. The van der Waals surface area contributed by atoms with E-state index in [-0.39, 0.29) is 0 Å². The predicted molar refractivity (Wildman–Crippen MR) is 317 cm³/mol. The first-order valence-corrected chi connectivity index (χ1v) is 25.6. The molecule has 0 aliphatic heterocycles. The van der Waals surface area contributed by atoms with Crippen molar-refractivity contribution in [3.8, 4) is 44.5 Å². The molecule has 1 aromatic heterocycles. The van der Waals surface area contributed by atoms with Crippen LogP contribution in [0.2, 0.25) is 0 Å². The molecular formula is C72H48N2O. The Labute approximate surface area is 436 Å². The maximum Gasteiger partial charge on any atom is 0.136 e. The van der Waals surface area contributed by atoms with Gasteiger partial charge in [0.2, 0.25) is 0 Å². The van der Waals surface area contributed by atoms with Gasteiger partial charge in [-0.3, -0.25) is 0 Å². The van der Waals surface area contributed by atoms with Crippen LogP contribution in [0.3, 0.4) is 0 Å². The van der Waals surface area contributed by atoms with Crippen LogP contribution < -0.4 is 9.80 Å². The second kappa shape index (κ2) is 18.6. The topological polar surface area (TPSA) is 19.6 Å². The molecule has 0 spiro atoms. The third-order valence-electron chi connectivity index (χ3n) is 14.8. The van der Waals surface area contributed by atoms with Gasteiger partial charge in [0.15, 0.2) is 0 Å². The highest BCUT2D eigenvalue weighted by atomic mass is 16.3. The zero-order chi connectivity index (χ0) is 49.7. The summed E-state index contributed by atoms with van der Waals surface area (Å²) in [5.74, 6) is 0. The van der Waals surface area contributed by atoms with E-state index in [9.17, 15) is 0 Å². The molecular weight excluding hydrogens is 909 g/mol. The number of hydrogen-bond donors (Lipinski definition) is 0. The summed E-state index contributed by atoms with van der Waals surface area (Å²) in [6.45, 7) is 0. The number of hydrogen-bond acceptors (Lipinski definition) is 3. The smallest absolute Gasteiger partial charge is 0.136 e. The van der Waals surface area contributed by atoms with Gasteiger partial charge in [0, 0.05) is 44.3 Å². The fourth-order valence-electron chi connectivity index (χ4n) is 11.2. The Bertz CT molecular complexity index is 4420. The molecule has 0 saturated carbocycles. The second-order valence-electron chi connectivity index (χ2n) is 19.2. The van der Waals surface area contributed by atoms with Crippen LogP contribution in [-0.2, 0) is 0 Å². The fraction of sp³-hybridized carbons (Fsp3) is 0. The Morgan fingerprint density at radius 2 is 0.667 bits per heavy atom. The molecule has 0 unspecified atom stereocenters. The van der Waals surface area contributed by atoms with Crippen LogP contribution in [0, 0.1) is 0 Å². The molecule has 0 aliphatic carbocycles. The SMILES string of the molecule is c1ccc(-c2ccc(-c3ccc(N(c4ccc5ccccc5c4)c4ccccc4-c4ccccc4N(c4ccc5ccccc5c4)c4ccc(-c5ccc6c(c5)oc5ccccc56)c5ccccc45)cc3)cc2)cc1. The van der Waals surface area contributed by atoms with E-state index in [0.29, 0.717) is 0 Å². The third kappa shape index (κ3) is 7.95. The number of rotatable bonds is 10. The van der Waals surface area contributed by atoms with Gasteiger partial charge < -0.3 is 14.2 Å². The van der Waals surface area contributed by atoms with Crippen LogP contribution in [0.1, 0.15) is 0 Å². The zero-order valence-corrected chi connectivity index (χ0v) is 41.0. The molecule has 75 heavy (non-hydrogen) atoms. The molecule has 0 bridgehead atoms. The summed E-state index contributed by atoms with van der Waals surface area (Å²) >= 11 is 0. The highest BCUT2D eigenvalue weighted by Gasteiger charge is 2.24. The van der Waals surface area contributed by atoms with Crippen LogP contribution in [0.25, 0.3) is 98.8 Å². The molecule has 352 valence electrons. The molecule has 13 aromatic carbocycles. The average molecular weight is 957 g/mol. The Balaban J connectivity index is 0.930. The van der Waals surface area contributed by atoms with Gasteiger partial charge in [0.1, 0.15) is 11.2 Å². The Morgan fingerprint density at radius 1 is 0.213 bits per heavy atom. The van der Waals surface area contributed by atoms with Gasteiger partial charge in [-0.15, -0.1) is 0 Å². The number of nitrogens with zero attached hydrogens (tertiary/aromatic N) is 2. The van der Waals surface area contributed by atoms with Gasteiger partial charge in [-0.05, 0) is 133 Å².